The van der Waals surface area contributed by atoms with E-state index in [9.17, 15) is 0 Å². The lowest BCUT2D eigenvalue weighted by atomic mass is 10.4. The minimum absolute atomic E-state index is 1.14. The van der Waals surface area contributed by atoms with E-state index >= 15 is 0 Å². The van der Waals surface area contributed by atoms with Crippen molar-refractivity contribution in [1.82, 2.24) is 0 Å². The summed E-state index contributed by atoms with van der Waals surface area (Å²) in [5.74, 6) is 0. The molecular weight excluding hydrogens is 272 g/mol. The van der Waals surface area contributed by atoms with Crippen molar-refractivity contribution in [3.8, 4) is 0 Å². The maximum atomic E-state index is 8.52. The Labute approximate surface area is 112 Å². The Hall–Kier alpha value is -1.39. The van der Waals surface area contributed by atoms with Crippen molar-refractivity contribution >= 4 is 23.1 Å². The first-order valence-corrected chi connectivity index (χ1v) is 6.71. The van der Waals surface area contributed by atoms with Gasteiger partial charge in [0.2, 0.25) is 0 Å². The molecule has 0 aromatic rings. The molecule has 2 rings (SSSR count). The molecule has 0 aromatic carbocycles. The fraction of sp³-hybridized carbons (Fsp3) is 0.400. The van der Waals surface area contributed by atoms with Gasteiger partial charge in [0.25, 0.3) is 0 Å². The number of nitrogens with two attached hydrogens (primary N) is 2. The maximum absolute atomic E-state index is 8.52. The van der Waals surface area contributed by atoms with Crippen LogP contribution in [0.15, 0.2) is 32.8 Å². The first kappa shape index (κ1) is 17.6. The highest BCUT2D eigenvalue weighted by atomic mass is 32.3. The fourth-order valence-corrected chi connectivity index (χ4v) is 0.967. The molecule has 0 saturated carbocycles. The summed E-state index contributed by atoms with van der Waals surface area (Å²) in [5, 5.41) is 4.02. The van der Waals surface area contributed by atoms with Crippen LogP contribution in [-0.2, 0) is 10.4 Å². The van der Waals surface area contributed by atoms with E-state index in [2.05, 4.69) is 23.8 Å². The summed E-state index contributed by atoms with van der Waals surface area (Å²) < 4.78 is 34.1. The van der Waals surface area contributed by atoms with Crippen molar-refractivity contribution in [1.29, 1.82) is 0 Å². The average Bonchev–Trinajstić information content (AvgIpc) is 2.77. The number of aliphatic imine (C=N–C) groups is 2. The second-order valence-electron chi connectivity index (χ2n) is 3.83. The van der Waals surface area contributed by atoms with Crippen molar-refractivity contribution < 1.29 is 28.2 Å². The third-order valence-corrected chi connectivity index (χ3v) is 2.33. The third kappa shape index (κ3) is 10.2. The Morgan fingerprint density at radius 3 is 1.21 bits per heavy atom. The molecule has 0 bridgehead atoms. The van der Waals surface area contributed by atoms with Crippen LogP contribution in [0, 0.1) is 0 Å². The van der Waals surface area contributed by atoms with E-state index in [0.29, 0.717) is 0 Å². The molecule has 0 radical (unpaired) electrons. The predicted molar refractivity (Wildman–Crippen MR) is 68.1 cm³/mol. The van der Waals surface area contributed by atoms with E-state index in [1.165, 1.54) is 11.4 Å². The molecule has 2 heterocycles. The first-order chi connectivity index (χ1) is 8.61. The number of allylic oxidation sites excluding steroid dienone is 4. The summed E-state index contributed by atoms with van der Waals surface area (Å²) in [5.41, 5.74) is 4.83. The van der Waals surface area contributed by atoms with Gasteiger partial charge in [-0.3, -0.25) is 19.1 Å². The number of rotatable bonds is 0. The van der Waals surface area contributed by atoms with Crippen LogP contribution < -0.4 is 10.6 Å². The van der Waals surface area contributed by atoms with Crippen LogP contribution in [0.5, 0.6) is 0 Å². The molecule has 8 nitrogen and oxygen atoms in total. The average molecular weight is 290 g/mol. The zero-order chi connectivity index (χ0) is 15.1. The van der Waals surface area contributed by atoms with Crippen LogP contribution in [0.3, 0.4) is 0 Å². The van der Waals surface area contributed by atoms with Gasteiger partial charge < -0.3 is 9.11 Å². The van der Waals surface area contributed by atoms with Crippen LogP contribution in [-0.4, -0.2) is 30.2 Å². The van der Waals surface area contributed by atoms with Crippen molar-refractivity contribution in [2.24, 2.45) is 9.98 Å². The molecule has 2 aliphatic rings. The molecule has 0 amide bonds. The molecule has 108 valence electrons. The van der Waals surface area contributed by atoms with Gasteiger partial charge in [-0.1, -0.05) is 0 Å². The fourth-order valence-electron chi connectivity index (χ4n) is 0.967. The van der Waals surface area contributed by atoms with Crippen LogP contribution in [0.25, 0.3) is 0 Å². The van der Waals surface area contributed by atoms with E-state index in [1.807, 2.05) is 37.2 Å². The molecule has 9 heteroatoms. The molecule has 2 aliphatic heterocycles. The topological polar surface area (TPSA) is 138 Å². The predicted octanol–water partition coefficient (Wildman–Crippen LogP) is -1.65. The molecule has 0 saturated heterocycles. The van der Waals surface area contributed by atoms with Crippen molar-refractivity contribution in [3.63, 3.8) is 0 Å². The van der Waals surface area contributed by atoms with Crippen molar-refractivity contribution in [2.75, 3.05) is 0 Å². The zero-order valence-corrected chi connectivity index (χ0v) is 12.1. The SMILES string of the molecule is CC1=C(C)[NH2+]C=N1.CC1=C(C)[NH2+]C=N1.O=S(=O)([O-])[O-]. The normalized spacial score (nSPS) is 17.2. The minimum Gasteiger partial charge on any atom is -0.759 e. The molecule has 0 aliphatic carbocycles. The zero-order valence-electron chi connectivity index (χ0n) is 11.2. The lowest BCUT2D eigenvalue weighted by molar-refractivity contribution is -0.470. The van der Waals surface area contributed by atoms with Crippen molar-refractivity contribution in [3.05, 3.63) is 22.8 Å². The highest BCUT2D eigenvalue weighted by molar-refractivity contribution is 7.79. The molecule has 0 atom stereocenters. The summed E-state index contributed by atoms with van der Waals surface area (Å²) in [6.07, 6.45) is 3.65. The summed E-state index contributed by atoms with van der Waals surface area (Å²) in [4.78, 5) is 8.03. The molecule has 0 unspecified atom stereocenters. The lowest BCUT2D eigenvalue weighted by Crippen LogP contribution is -2.78. The van der Waals surface area contributed by atoms with E-state index in [-0.39, 0.29) is 0 Å². The minimum atomic E-state index is -5.17. The van der Waals surface area contributed by atoms with Gasteiger partial charge in [0, 0.05) is 24.2 Å². The molecular formula is C10H18N4O4S. The van der Waals surface area contributed by atoms with E-state index in [4.69, 9.17) is 17.5 Å². The highest BCUT2D eigenvalue weighted by Crippen LogP contribution is 1.97. The Bertz CT molecular complexity index is 490. The molecule has 0 spiro atoms. The van der Waals surface area contributed by atoms with Gasteiger partial charge in [-0.15, -0.1) is 0 Å². The molecule has 19 heavy (non-hydrogen) atoms. The highest BCUT2D eigenvalue weighted by Gasteiger charge is 2.02. The molecule has 0 aromatic heterocycles. The number of hydrogen-bond donors (Lipinski definition) is 2. The Morgan fingerprint density at radius 1 is 0.895 bits per heavy atom. The Morgan fingerprint density at radius 2 is 1.16 bits per heavy atom. The number of hydrogen-bond acceptors (Lipinski definition) is 6. The standard InChI is InChI=1S/2C5H8N2.H2O4S/c2*1-4-5(2)7-3-6-4;1-5(2,3)4/h2*3H,1-2H3,(H,6,7);(H2,1,2,3,4). The van der Waals surface area contributed by atoms with Crippen LogP contribution in [0.2, 0.25) is 0 Å². The van der Waals surface area contributed by atoms with Gasteiger partial charge >= 0.3 is 0 Å². The largest absolute Gasteiger partial charge is 0.759 e. The second-order valence-corrected chi connectivity index (χ2v) is 4.65. The first-order valence-electron chi connectivity index (χ1n) is 5.37. The van der Waals surface area contributed by atoms with Gasteiger partial charge in [0.05, 0.1) is 11.4 Å². The molecule has 0 fully saturated rings. The van der Waals surface area contributed by atoms with Gasteiger partial charge in [0.1, 0.15) is 11.4 Å². The van der Waals surface area contributed by atoms with Gasteiger partial charge in [-0.25, -0.2) is 9.98 Å². The summed E-state index contributed by atoms with van der Waals surface area (Å²) in [7, 11) is -5.17. The monoisotopic (exact) mass is 290 g/mol. The quantitative estimate of drug-likeness (QED) is 0.407. The number of quaternary nitrogens is 2. The van der Waals surface area contributed by atoms with Gasteiger partial charge in [-0.05, 0) is 13.8 Å². The smallest absolute Gasteiger partial charge is 0.191 e. The van der Waals surface area contributed by atoms with Crippen LogP contribution >= 0.6 is 0 Å². The van der Waals surface area contributed by atoms with E-state index < -0.39 is 10.4 Å². The van der Waals surface area contributed by atoms with E-state index in [1.54, 1.807) is 0 Å². The van der Waals surface area contributed by atoms with Crippen LogP contribution in [0.1, 0.15) is 27.7 Å². The number of nitrogens with zero attached hydrogens (tertiary/aromatic N) is 2. The lowest BCUT2D eigenvalue weighted by Gasteiger charge is -2.06. The van der Waals surface area contributed by atoms with E-state index in [0.717, 1.165) is 11.4 Å². The maximum Gasteiger partial charge on any atom is 0.191 e. The summed E-state index contributed by atoms with van der Waals surface area (Å²) >= 11 is 0. The van der Waals surface area contributed by atoms with Crippen LogP contribution in [0.4, 0.5) is 0 Å². The summed E-state index contributed by atoms with van der Waals surface area (Å²) in [6, 6.07) is 0. The summed E-state index contributed by atoms with van der Waals surface area (Å²) in [6.45, 7) is 8.13. The Kier molecular flexibility index (Phi) is 7.34. The molecule has 4 N–H and O–H groups in total. The third-order valence-electron chi connectivity index (χ3n) is 2.33. The van der Waals surface area contributed by atoms with Crippen molar-refractivity contribution in [2.45, 2.75) is 27.7 Å². The Balaban J connectivity index is 0.000000261. The van der Waals surface area contributed by atoms with Gasteiger partial charge in [-0.2, -0.15) is 0 Å². The van der Waals surface area contributed by atoms with Gasteiger partial charge in [0.15, 0.2) is 12.7 Å². The second kappa shape index (κ2) is 7.92.